The Bertz CT molecular complexity index is 145. The molecule has 0 aromatic rings. The molecule has 0 aliphatic carbocycles. The number of nitrogens with two attached hydrogens (primary N) is 1. The van der Waals surface area contributed by atoms with Crippen molar-refractivity contribution >= 4 is 0 Å². The fourth-order valence-electron chi connectivity index (χ4n) is 2.53. The molecule has 2 N–H and O–H groups in total. The van der Waals surface area contributed by atoms with Crippen LogP contribution in [0.25, 0.3) is 0 Å². The van der Waals surface area contributed by atoms with Crippen LogP contribution in [0.5, 0.6) is 0 Å². The van der Waals surface area contributed by atoms with E-state index in [0.29, 0.717) is 0 Å². The maximum atomic E-state index is 5.64. The molecule has 0 radical (unpaired) electrons. The fraction of sp³-hybridized carbons (Fsp3) is 1.00. The summed E-state index contributed by atoms with van der Waals surface area (Å²) in [6.07, 6.45) is 15.0. The van der Waals surface area contributed by atoms with Crippen LogP contribution in [0.1, 0.15) is 84.5 Å². The van der Waals surface area contributed by atoms with Gasteiger partial charge >= 0.3 is 0 Å². The van der Waals surface area contributed by atoms with Crippen LogP contribution < -0.4 is 5.73 Å². The molecule has 0 aromatic heterocycles. The molecule has 19 heavy (non-hydrogen) atoms. The molecule has 0 aliphatic rings. The van der Waals surface area contributed by atoms with E-state index < -0.39 is 0 Å². The van der Waals surface area contributed by atoms with Gasteiger partial charge in [0.2, 0.25) is 0 Å². The summed E-state index contributed by atoms with van der Waals surface area (Å²) in [5.74, 6) is 0. The van der Waals surface area contributed by atoms with Crippen molar-refractivity contribution in [3.63, 3.8) is 0 Å². The zero-order chi connectivity index (χ0) is 14.2. The maximum Gasteiger partial charge on any atom is -0.000672 e. The molecular formula is C17H38N2. The van der Waals surface area contributed by atoms with Gasteiger partial charge in [-0.1, -0.05) is 65.2 Å². The summed E-state index contributed by atoms with van der Waals surface area (Å²) in [6.45, 7) is 9.18. The van der Waals surface area contributed by atoms with E-state index in [1.807, 2.05) is 0 Å². The number of unbranched alkanes of at least 4 members (excludes halogenated alkanes) is 8. The van der Waals surface area contributed by atoms with E-state index in [-0.39, 0.29) is 0 Å². The number of nitrogens with zero attached hydrogens (tertiary/aromatic N) is 1. The van der Waals surface area contributed by atoms with E-state index in [4.69, 9.17) is 5.73 Å². The Balaban J connectivity index is 3.57. The summed E-state index contributed by atoms with van der Waals surface area (Å²) < 4.78 is 0. The van der Waals surface area contributed by atoms with Crippen LogP contribution in [0.15, 0.2) is 0 Å². The molecule has 2 nitrogen and oxygen atoms in total. The third kappa shape index (κ3) is 14.1. The summed E-state index contributed by atoms with van der Waals surface area (Å²) >= 11 is 0. The first-order valence-electron chi connectivity index (χ1n) is 8.77. The summed E-state index contributed by atoms with van der Waals surface area (Å²) in [4.78, 5) is 2.64. The van der Waals surface area contributed by atoms with Crippen molar-refractivity contribution in [2.45, 2.75) is 84.5 Å². The van der Waals surface area contributed by atoms with Crippen molar-refractivity contribution in [1.82, 2.24) is 4.90 Å². The first-order valence-corrected chi connectivity index (χ1v) is 8.77. The highest BCUT2D eigenvalue weighted by molar-refractivity contribution is 4.59. The Morgan fingerprint density at radius 1 is 0.579 bits per heavy atom. The molecule has 0 amide bonds. The van der Waals surface area contributed by atoms with Gasteiger partial charge in [-0.15, -0.1) is 0 Å². The van der Waals surface area contributed by atoms with Crippen molar-refractivity contribution < 1.29 is 0 Å². The van der Waals surface area contributed by atoms with Crippen molar-refractivity contribution in [3.8, 4) is 0 Å². The molecule has 116 valence electrons. The average molecular weight is 271 g/mol. The van der Waals surface area contributed by atoms with Crippen molar-refractivity contribution in [2.75, 3.05) is 26.2 Å². The van der Waals surface area contributed by atoms with Crippen molar-refractivity contribution in [2.24, 2.45) is 5.73 Å². The molecule has 0 aliphatic heterocycles. The van der Waals surface area contributed by atoms with E-state index in [0.717, 1.165) is 13.0 Å². The predicted octanol–water partition coefficient (Wildman–Crippen LogP) is 4.58. The van der Waals surface area contributed by atoms with Gasteiger partial charge in [-0.2, -0.15) is 0 Å². The average Bonchev–Trinajstić information content (AvgIpc) is 2.43. The van der Waals surface area contributed by atoms with Gasteiger partial charge < -0.3 is 10.6 Å². The molecule has 0 heterocycles. The van der Waals surface area contributed by atoms with Gasteiger partial charge in [0.15, 0.2) is 0 Å². The highest BCUT2D eigenvalue weighted by Crippen LogP contribution is 2.07. The first-order chi connectivity index (χ1) is 9.35. The lowest BCUT2D eigenvalue weighted by Crippen LogP contribution is -2.28. The van der Waals surface area contributed by atoms with Gasteiger partial charge in [0.05, 0.1) is 0 Å². The summed E-state index contributed by atoms with van der Waals surface area (Å²) in [5.41, 5.74) is 5.64. The van der Waals surface area contributed by atoms with E-state index in [1.54, 1.807) is 0 Å². The smallest absolute Gasteiger partial charge is 0.000672 e. The van der Waals surface area contributed by atoms with Crippen LogP contribution in [-0.2, 0) is 0 Å². The van der Waals surface area contributed by atoms with Gasteiger partial charge in [-0.05, 0) is 45.4 Å². The molecule has 0 spiro atoms. The summed E-state index contributed by atoms with van der Waals surface area (Å²) in [6, 6.07) is 0. The second-order valence-electron chi connectivity index (χ2n) is 5.81. The monoisotopic (exact) mass is 270 g/mol. The summed E-state index contributed by atoms with van der Waals surface area (Å²) in [7, 11) is 0. The highest BCUT2D eigenvalue weighted by atomic mass is 15.1. The van der Waals surface area contributed by atoms with Gasteiger partial charge in [0.1, 0.15) is 0 Å². The standard InChI is InChI=1S/C17H38N2/c1-3-5-7-9-11-15-19(17-13-14-18)16-12-10-8-6-4-2/h3-18H2,1-2H3. The molecule has 0 saturated heterocycles. The quantitative estimate of drug-likeness (QED) is 0.441. The highest BCUT2D eigenvalue weighted by Gasteiger charge is 2.03. The van der Waals surface area contributed by atoms with Gasteiger partial charge in [0, 0.05) is 0 Å². The lowest BCUT2D eigenvalue weighted by atomic mass is 10.1. The lowest BCUT2D eigenvalue weighted by molar-refractivity contribution is 0.258. The molecular weight excluding hydrogens is 232 g/mol. The third-order valence-corrected chi connectivity index (χ3v) is 3.83. The first kappa shape index (κ1) is 18.9. The second kappa shape index (κ2) is 16.0. The Morgan fingerprint density at radius 2 is 1.00 bits per heavy atom. The molecule has 0 unspecified atom stereocenters. The topological polar surface area (TPSA) is 29.3 Å². The largest absolute Gasteiger partial charge is 0.330 e. The molecule has 0 atom stereocenters. The molecule has 0 fully saturated rings. The van der Waals surface area contributed by atoms with Crippen molar-refractivity contribution in [1.29, 1.82) is 0 Å². The van der Waals surface area contributed by atoms with Crippen molar-refractivity contribution in [3.05, 3.63) is 0 Å². The number of hydrogen-bond donors (Lipinski definition) is 1. The number of rotatable bonds is 15. The van der Waals surface area contributed by atoms with E-state index in [2.05, 4.69) is 18.7 Å². The minimum atomic E-state index is 0.835. The molecule has 0 aromatic carbocycles. The zero-order valence-corrected chi connectivity index (χ0v) is 13.6. The lowest BCUT2D eigenvalue weighted by Gasteiger charge is -2.22. The summed E-state index contributed by atoms with van der Waals surface area (Å²) in [5, 5.41) is 0. The van der Waals surface area contributed by atoms with Gasteiger partial charge in [-0.25, -0.2) is 0 Å². The van der Waals surface area contributed by atoms with E-state index in [9.17, 15) is 0 Å². The zero-order valence-electron chi connectivity index (χ0n) is 13.6. The maximum absolute atomic E-state index is 5.64. The van der Waals surface area contributed by atoms with Gasteiger partial charge in [-0.3, -0.25) is 0 Å². The Morgan fingerprint density at radius 3 is 1.42 bits per heavy atom. The predicted molar refractivity (Wildman–Crippen MR) is 87.6 cm³/mol. The fourth-order valence-corrected chi connectivity index (χ4v) is 2.53. The minimum Gasteiger partial charge on any atom is -0.330 e. The van der Waals surface area contributed by atoms with Crippen LogP contribution in [0.3, 0.4) is 0 Å². The molecule has 0 saturated carbocycles. The van der Waals surface area contributed by atoms with Crippen LogP contribution in [0.2, 0.25) is 0 Å². The second-order valence-corrected chi connectivity index (χ2v) is 5.81. The van der Waals surface area contributed by atoms with E-state index >= 15 is 0 Å². The van der Waals surface area contributed by atoms with Gasteiger partial charge in [0.25, 0.3) is 0 Å². The SMILES string of the molecule is CCCCCCCN(CCCN)CCCCCCC. The Labute approximate surface area is 122 Å². The Hall–Kier alpha value is -0.0800. The molecule has 0 rings (SSSR count). The third-order valence-electron chi connectivity index (χ3n) is 3.83. The molecule has 0 bridgehead atoms. The minimum absolute atomic E-state index is 0.835. The van der Waals surface area contributed by atoms with Crippen LogP contribution in [-0.4, -0.2) is 31.1 Å². The van der Waals surface area contributed by atoms with Crippen LogP contribution in [0.4, 0.5) is 0 Å². The molecule has 2 heteroatoms. The normalized spacial score (nSPS) is 11.4. The Kier molecular flexibility index (Phi) is 15.9. The van der Waals surface area contributed by atoms with Crippen LogP contribution >= 0.6 is 0 Å². The van der Waals surface area contributed by atoms with E-state index in [1.165, 1.54) is 83.8 Å². The van der Waals surface area contributed by atoms with Crippen LogP contribution in [0, 0.1) is 0 Å². The number of hydrogen-bond acceptors (Lipinski definition) is 2.